The van der Waals surface area contributed by atoms with Gasteiger partial charge in [0.05, 0.1) is 13.1 Å². The van der Waals surface area contributed by atoms with E-state index >= 15 is 0 Å². The van der Waals surface area contributed by atoms with Gasteiger partial charge in [-0.2, -0.15) is 0 Å². The summed E-state index contributed by atoms with van der Waals surface area (Å²) in [5.41, 5.74) is 2.29. The third-order valence-electron chi connectivity index (χ3n) is 3.84. The van der Waals surface area contributed by atoms with Crippen LogP contribution in [-0.2, 0) is 17.9 Å². The summed E-state index contributed by atoms with van der Waals surface area (Å²) in [6.45, 7) is 3.78. The lowest BCUT2D eigenvalue weighted by molar-refractivity contribution is -0.116. The van der Waals surface area contributed by atoms with E-state index in [4.69, 9.17) is 0 Å². The molecule has 0 bridgehead atoms. The Hall–Kier alpha value is -2.93. The van der Waals surface area contributed by atoms with Gasteiger partial charge in [-0.1, -0.05) is 30.3 Å². The molecular weight excluding hydrogens is 357 g/mol. The minimum absolute atomic E-state index is 0.0643. The van der Waals surface area contributed by atoms with Crippen LogP contribution < -0.4 is 16.0 Å². The van der Waals surface area contributed by atoms with E-state index < -0.39 is 0 Å². The lowest BCUT2D eigenvalue weighted by atomic mass is 10.2. The van der Waals surface area contributed by atoms with Crippen molar-refractivity contribution in [2.24, 2.45) is 4.99 Å². The molecule has 0 saturated heterocycles. The summed E-state index contributed by atoms with van der Waals surface area (Å²) in [4.78, 5) is 18.3. The molecule has 0 spiro atoms. The summed E-state index contributed by atoms with van der Waals surface area (Å²) < 4.78 is 13.8. The van der Waals surface area contributed by atoms with Gasteiger partial charge in [0.2, 0.25) is 5.91 Å². The number of benzene rings is 2. The van der Waals surface area contributed by atoms with Crippen molar-refractivity contribution in [3.8, 4) is 0 Å². The fourth-order valence-corrected chi connectivity index (χ4v) is 2.57. The van der Waals surface area contributed by atoms with Crippen molar-refractivity contribution >= 4 is 17.6 Å². The second kappa shape index (κ2) is 11.0. The van der Waals surface area contributed by atoms with Gasteiger partial charge in [-0.05, 0) is 44.8 Å². The molecule has 150 valence electrons. The Balaban J connectivity index is 1.99. The number of guanidine groups is 1. The quantitative estimate of drug-likeness (QED) is 0.483. The first-order valence-electron chi connectivity index (χ1n) is 9.27. The molecule has 0 aromatic heterocycles. The van der Waals surface area contributed by atoms with E-state index in [9.17, 15) is 9.18 Å². The van der Waals surface area contributed by atoms with Gasteiger partial charge >= 0.3 is 0 Å². The van der Waals surface area contributed by atoms with E-state index in [0.717, 1.165) is 11.3 Å². The molecule has 0 aliphatic heterocycles. The molecule has 0 fully saturated rings. The molecule has 2 aromatic rings. The van der Waals surface area contributed by atoms with Gasteiger partial charge in [0.25, 0.3) is 0 Å². The zero-order valence-corrected chi connectivity index (χ0v) is 16.6. The van der Waals surface area contributed by atoms with Crippen LogP contribution in [0.1, 0.15) is 18.1 Å². The molecule has 6 nitrogen and oxygen atoms in total. The molecule has 3 N–H and O–H groups in total. The predicted octanol–water partition coefficient (Wildman–Crippen LogP) is 2.58. The van der Waals surface area contributed by atoms with Crippen molar-refractivity contribution in [1.82, 2.24) is 15.5 Å². The maximum Gasteiger partial charge on any atom is 0.238 e. The molecule has 0 saturated carbocycles. The van der Waals surface area contributed by atoms with E-state index in [1.54, 1.807) is 18.2 Å². The first-order valence-corrected chi connectivity index (χ1v) is 9.27. The van der Waals surface area contributed by atoms with Crippen molar-refractivity contribution in [2.75, 3.05) is 32.5 Å². The number of hydrogen-bond donors (Lipinski definition) is 3. The maximum absolute atomic E-state index is 13.8. The molecule has 0 unspecified atom stereocenters. The van der Waals surface area contributed by atoms with Gasteiger partial charge in [0.1, 0.15) is 5.82 Å². The number of carbonyl (C=O) groups is 1. The minimum Gasteiger partial charge on any atom is -0.357 e. The van der Waals surface area contributed by atoms with Gasteiger partial charge in [0, 0.05) is 24.3 Å². The highest BCUT2D eigenvalue weighted by molar-refractivity contribution is 5.92. The number of carbonyl (C=O) groups excluding carboxylic acids is 1. The Morgan fingerprint density at radius 3 is 2.61 bits per heavy atom. The van der Waals surface area contributed by atoms with Crippen LogP contribution in [-0.4, -0.2) is 44.0 Å². The molecule has 0 atom stereocenters. The average molecular weight is 385 g/mol. The fourth-order valence-electron chi connectivity index (χ4n) is 2.57. The number of rotatable bonds is 8. The number of aliphatic imine (C=N–C) groups is 1. The molecule has 0 radical (unpaired) electrons. The number of likely N-dealkylation sites (N-methyl/N-ethyl adjacent to an activating group) is 1. The van der Waals surface area contributed by atoms with Gasteiger partial charge in [-0.15, -0.1) is 0 Å². The molecule has 2 aromatic carbocycles. The summed E-state index contributed by atoms with van der Waals surface area (Å²) in [7, 11) is 3.70. The van der Waals surface area contributed by atoms with Crippen LogP contribution in [0.4, 0.5) is 10.1 Å². The second-order valence-electron chi connectivity index (χ2n) is 6.63. The van der Waals surface area contributed by atoms with Gasteiger partial charge in [-0.25, -0.2) is 9.38 Å². The third-order valence-corrected chi connectivity index (χ3v) is 3.84. The molecule has 7 heteroatoms. The number of nitrogens with zero attached hydrogens (tertiary/aromatic N) is 2. The molecular formula is C21H28FN5O. The molecule has 28 heavy (non-hydrogen) atoms. The Bertz CT molecular complexity index is 807. The van der Waals surface area contributed by atoms with Crippen LogP contribution in [0.5, 0.6) is 0 Å². The van der Waals surface area contributed by atoms with Gasteiger partial charge < -0.3 is 20.9 Å². The van der Waals surface area contributed by atoms with Crippen LogP contribution in [0.2, 0.25) is 0 Å². The fraction of sp³-hybridized carbons (Fsp3) is 0.333. The monoisotopic (exact) mass is 385 g/mol. The first kappa shape index (κ1) is 21.4. The zero-order valence-electron chi connectivity index (χ0n) is 16.6. The van der Waals surface area contributed by atoms with E-state index in [2.05, 4.69) is 20.9 Å². The minimum atomic E-state index is -0.244. The molecule has 1 amide bonds. The topological polar surface area (TPSA) is 68.8 Å². The lowest BCUT2D eigenvalue weighted by Gasteiger charge is -2.12. The predicted molar refractivity (Wildman–Crippen MR) is 112 cm³/mol. The van der Waals surface area contributed by atoms with Crippen LogP contribution in [0, 0.1) is 5.82 Å². The number of halogens is 1. The second-order valence-corrected chi connectivity index (χ2v) is 6.63. The van der Waals surface area contributed by atoms with Gasteiger partial charge in [0.15, 0.2) is 5.96 Å². The molecule has 0 aliphatic carbocycles. The Labute approximate surface area is 165 Å². The largest absolute Gasteiger partial charge is 0.357 e. The summed E-state index contributed by atoms with van der Waals surface area (Å²) in [6.07, 6.45) is 0. The highest BCUT2D eigenvalue weighted by atomic mass is 19.1. The average Bonchev–Trinajstić information content (AvgIpc) is 2.64. The summed E-state index contributed by atoms with van der Waals surface area (Å²) in [5, 5.41) is 9.17. The van der Waals surface area contributed by atoms with Gasteiger partial charge in [-0.3, -0.25) is 4.79 Å². The lowest BCUT2D eigenvalue weighted by Crippen LogP contribution is -2.37. The van der Waals surface area contributed by atoms with Crippen LogP contribution in [0.15, 0.2) is 53.5 Å². The smallest absolute Gasteiger partial charge is 0.238 e. The van der Waals surface area contributed by atoms with Crippen LogP contribution >= 0.6 is 0 Å². The summed E-state index contributed by atoms with van der Waals surface area (Å²) in [5.74, 6) is 0.297. The molecule has 0 heterocycles. The van der Waals surface area contributed by atoms with Crippen LogP contribution in [0.25, 0.3) is 0 Å². The maximum atomic E-state index is 13.8. The number of hydrogen-bond acceptors (Lipinski definition) is 3. The highest BCUT2D eigenvalue weighted by Crippen LogP contribution is 2.12. The van der Waals surface area contributed by atoms with Crippen molar-refractivity contribution in [3.05, 3.63) is 65.5 Å². The van der Waals surface area contributed by atoms with E-state index in [1.807, 2.05) is 50.2 Å². The number of anilines is 1. The number of nitrogens with one attached hydrogen (secondary N) is 3. The van der Waals surface area contributed by atoms with E-state index in [-0.39, 0.29) is 11.7 Å². The SMILES string of the molecule is CCNC(=NCc1cccc(NC(=O)CN(C)C)c1)NCc1ccccc1F. The van der Waals surface area contributed by atoms with Crippen molar-refractivity contribution in [3.63, 3.8) is 0 Å². The highest BCUT2D eigenvalue weighted by Gasteiger charge is 2.05. The normalized spacial score (nSPS) is 11.4. The zero-order chi connectivity index (χ0) is 20.4. The first-order chi connectivity index (χ1) is 13.5. The standard InChI is InChI=1S/C21H28FN5O/c1-4-23-21(25-14-17-9-5-6-11-19(17)22)24-13-16-8-7-10-18(12-16)26-20(28)15-27(2)3/h5-12H,4,13-15H2,1-3H3,(H,26,28)(H2,23,24,25). The summed E-state index contributed by atoms with van der Waals surface area (Å²) in [6, 6.07) is 14.2. The van der Waals surface area contributed by atoms with Crippen molar-refractivity contribution in [1.29, 1.82) is 0 Å². The Kier molecular flexibility index (Phi) is 8.42. The Morgan fingerprint density at radius 2 is 1.89 bits per heavy atom. The van der Waals surface area contributed by atoms with E-state index in [0.29, 0.717) is 37.7 Å². The van der Waals surface area contributed by atoms with E-state index in [1.165, 1.54) is 6.07 Å². The Morgan fingerprint density at radius 1 is 1.11 bits per heavy atom. The summed E-state index contributed by atoms with van der Waals surface area (Å²) >= 11 is 0. The van der Waals surface area contributed by atoms with Crippen LogP contribution in [0.3, 0.4) is 0 Å². The number of amides is 1. The third kappa shape index (κ3) is 7.36. The molecule has 0 aliphatic rings. The van der Waals surface area contributed by atoms with Crippen molar-refractivity contribution < 1.29 is 9.18 Å². The van der Waals surface area contributed by atoms with Crippen molar-refractivity contribution in [2.45, 2.75) is 20.0 Å². The molecule has 2 rings (SSSR count).